The lowest BCUT2D eigenvalue weighted by Gasteiger charge is -2.16. The molecule has 29 heavy (non-hydrogen) atoms. The van der Waals surface area contributed by atoms with Crippen molar-refractivity contribution < 1.29 is 9.53 Å². The molecule has 3 heterocycles. The molecule has 1 fully saturated rings. The van der Waals surface area contributed by atoms with Crippen LogP contribution < -0.4 is 15.0 Å². The maximum atomic E-state index is 12.4. The van der Waals surface area contributed by atoms with Crippen LogP contribution in [0.1, 0.15) is 33.9 Å². The monoisotopic (exact) mass is 428 g/mol. The number of anilines is 1. The Labute approximate surface area is 178 Å². The lowest BCUT2D eigenvalue weighted by Crippen LogP contribution is -2.24. The zero-order chi connectivity index (χ0) is 20.1. The van der Waals surface area contributed by atoms with E-state index in [0.29, 0.717) is 29.6 Å². The van der Waals surface area contributed by atoms with Crippen molar-refractivity contribution in [3.63, 3.8) is 0 Å². The van der Waals surface area contributed by atoms with E-state index in [9.17, 15) is 4.79 Å². The van der Waals surface area contributed by atoms with E-state index in [1.165, 1.54) is 24.2 Å². The van der Waals surface area contributed by atoms with Crippen molar-refractivity contribution >= 4 is 34.7 Å². The first-order valence-electron chi connectivity index (χ1n) is 9.48. The molecule has 0 atom stereocenters. The van der Waals surface area contributed by atoms with Gasteiger partial charge in [-0.1, -0.05) is 11.6 Å². The number of nitrogens with one attached hydrogen (secondary N) is 1. The Morgan fingerprint density at radius 3 is 2.79 bits per heavy atom. The van der Waals surface area contributed by atoms with Gasteiger partial charge in [0.05, 0.1) is 0 Å². The first-order chi connectivity index (χ1) is 14.2. The number of aromatic nitrogens is 2. The van der Waals surface area contributed by atoms with Gasteiger partial charge in [-0.05, 0) is 54.8 Å². The normalized spacial score (nSPS) is 13.5. The summed E-state index contributed by atoms with van der Waals surface area (Å²) in [5, 5.41) is 6.08. The number of carbonyl (C=O) groups is 1. The molecule has 0 saturated carbocycles. The molecule has 0 radical (unpaired) electrons. The fourth-order valence-corrected chi connectivity index (χ4v) is 3.93. The standard InChI is InChI=1S/C21H21ClN4O2S/c22-16-3-5-17(6-4-16)28-13-20-25-18(14-29-20)21(27)24-12-15-7-8-23-19(11-15)26-9-1-2-10-26/h3-8,11,14H,1-2,9-10,12-13H2,(H,24,27). The Morgan fingerprint density at radius 1 is 1.21 bits per heavy atom. The second-order valence-electron chi connectivity index (χ2n) is 6.77. The number of ether oxygens (including phenoxy) is 1. The zero-order valence-corrected chi connectivity index (χ0v) is 17.4. The molecule has 2 aromatic heterocycles. The molecule has 1 aromatic carbocycles. The van der Waals surface area contributed by atoms with E-state index in [4.69, 9.17) is 16.3 Å². The van der Waals surface area contributed by atoms with Gasteiger partial charge in [-0.2, -0.15) is 0 Å². The van der Waals surface area contributed by atoms with Crippen molar-refractivity contribution in [3.8, 4) is 5.75 Å². The van der Waals surface area contributed by atoms with Gasteiger partial charge >= 0.3 is 0 Å². The first kappa shape index (κ1) is 19.7. The van der Waals surface area contributed by atoms with E-state index in [2.05, 4.69) is 20.2 Å². The second-order valence-corrected chi connectivity index (χ2v) is 8.15. The molecule has 8 heteroatoms. The summed E-state index contributed by atoms with van der Waals surface area (Å²) < 4.78 is 5.68. The lowest BCUT2D eigenvalue weighted by molar-refractivity contribution is 0.0946. The maximum absolute atomic E-state index is 12.4. The molecule has 6 nitrogen and oxygen atoms in total. The Hall–Kier alpha value is -2.64. The van der Waals surface area contributed by atoms with E-state index in [1.54, 1.807) is 35.8 Å². The third-order valence-corrected chi connectivity index (χ3v) is 5.73. The molecule has 1 aliphatic heterocycles. The van der Waals surface area contributed by atoms with Gasteiger partial charge in [0, 0.05) is 36.2 Å². The summed E-state index contributed by atoms with van der Waals surface area (Å²) in [5.74, 6) is 1.49. The number of carbonyl (C=O) groups excluding carboxylic acids is 1. The summed E-state index contributed by atoms with van der Waals surface area (Å²) in [6, 6.07) is 11.1. The van der Waals surface area contributed by atoms with E-state index in [0.717, 1.165) is 29.5 Å². The van der Waals surface area contributed by atoms with Gasteiger partial charge in [-0.15, -0.1) is 11.3 Å². The smallest absolute Gasteiger partial charge is 0.271 e. The van der Waals surface area contributed by atoms with Gasteiger partial charge in [0.15, 0.2) is 0 Å². The average Bonchev–Trinajstić information content (AvgIpc) is 3.44. The number of pyridine rings is 1. The fraction of sp³-hybridized carbons (Fsp3) is 0.286. The van der Waals surface area contributed by atoms with Crippen LogP contribution in [0, 0.1) is 0 Å². The largest absolute Gasteiger partial charge is 0.486 e. The Bertz CT molecular complexity index is 971. The van der Waals surface area contributed by atoms with Crippen LogP contribution in [0.15, 0.2) is 48.0 Å². The second kappa shape index (κ2) is 9.24. The molecule has 4 rings (SSSR count). The predicted octanol–water partition coefficient (Wildman–Crippen LogP) is 4.30. The number of hydrogen-bond donors (Lipinski definition) is 1. The van der Waals surface area contributed by atoms with Crippen LogP contribution in [-0.2, 0) is 13.2 Å². The minimum absolute atomic E-state index is 0.196. The van der Waals surface area contributed by atoms with Crippen molar-refractivity contribution in [3.05, 3.63) is 69.3 Å². The molecule has 1 aliphatic rings. The molecule has 0 unspecified atom stereocenters. The summed E-state index contributed by atoms with van der Waals surface area (Å²) in [7, 11) is 0. The highest BCUT2D eigenvalue weighted by molar-refractivity contribution is 7.09. The van der Waals surface area contributed by atoms with Gasteiger partial charge in [0.1, 0.15) is 28.9 Å². The molecule has 0 spiro atoms. The third kappa shape index (κ3) is 5.25. The molecular weight excluding hydrogens is 408 g/mol. The van der Waals surface area contributed by atoms with Gasteiger partial charge in [-0.3, -0.25) is 4.79 Å². The van der Waals surface area contributed by atoms with Crippen LogP contribution in [0.3, 0.4) is 0 Å². The van der Waals surface area contributed by atoms with Crippen LogP contribution in [0.4, 0.5) is 5.82 Å². The van der Waals surface area contributed by atoms with Crippen molar-refractivity contribution in [2.45, 2.75) is 26.0 Å². The average molecular weight is 429 g/mol. The van der Waals surface area contributed by atoms with Gasteiger partial charge in [0.25, 0.3) is 5.91 Å². The number of benzene rings is 1. The van der Waals surface area contributed by atoms with E-state index in [1.807, 2.05) is 12.1 Å². The Balaban J connectivity index is 1.30. The number of nitrogens with zero attached hydrogens (tertiary/aromatic N) is 3. The number of thiazole rings is 1. The SMILES string of the molecule is O=C(NCc1ccnc(N2CCCC2)c1)c1csc(COc2ccc(Cl)cc2)n1. The summed E-state index contributed by atoms with van der Waals surface area (Å²) in [4.78, 5) is 23.5. The third-order valence-electron chi connectivity index (χ3n) is 4.65. The van der Waals surface area contributed by atoms with Crippen molar-refractivity contribution in [1.29, 1.82) is 0 Å². The molecule has 0 aliphatic carbocycles. The summed E-state index contributed by atoms with van der Waals surface area (Å²) in [6.07, 6.45) is 4.21. The number of rotatable bonds is 7. The van der Waals surface area contributed by atoms with Crippen LogP contribution in [0.25, 0.3) is 0 Å². The van der Waals surface area contributed by atoms with E-state index < -0.39 is 0 Å². The van der Waals surface area contributed by atoms with Gasteiger partial charge in [-0.25, -0.2) is 9.97 Å². The zero-order valence-electron chi connectivity index (χ0n) is 15.8. The molecule has 0 bridgehead atoms. The fourth-order valence-electron chi connectivity index (χ4n) is 3.12. The summed E-state index contributed by atoms with van der Waals surface area (Å²) in [5.41, 5.74) is 1.43. The Kier molecular flexibility index (Phi) is 6.27. The Morgan fingerprint density at radius 2 is 2.00 bits per heavy atom. The highest BCUT2D eigenvalue weighted by atomic mass is 35.5. The van der Waals surface area contributed by atoms with Crippen LogP contribution in [0.5, 0.6) is 5.75 Å². The molecule has 150 valence electrons. The number of amides is 1. The van der Waals surface area contributed by atoms with Crippen LogP contribution in [-0.4, -0.2) is 29.0 Å². The van der Waals surface area contributed by atoms with Gasteiger partial charge < -0.3 is 15.0 Å². The molecule has 1 N–H and O–H groups in total. The van der Waals surface area contributed by atoms with Crippen LogP contribution >= 0.6 is 22.9 Å². The quantitative estimate of drug-likeness (QED) is 0.607. The predicted molar refractivity (Wildman–Crippen MR) is 115 cm³/mol. The topological polar surface area (TPSA) is 67.4 Å². The van der Waals surface area contributed by atoms with Crippen molar-refractivity contribution in [2.75, 3.05) is 18.0 Å². The number of hydrogen-bond acceptors (Lipinski definition) is 6. The van der Waals surface area contributed by atoms with Crippen molar-refractivity contribution in [2.24, 2.45) is 0 Å². The maximum Gasteiger partial charge on any atom is 0.271 e. The van der Waals surface area contributed by atoms with E-state index >= 15 is 0 Å². The summed E-state index contributed by atoms with van der Waals surface area (Å²) >= 11 is 7.27. The molecule has 1 amide bonds. The van der Waals surface area contributed by atoms with E-state index in [-0.39, 0.29) is 5.91 Å². The summed E-state index contributed by atoms with van der Waals surface area (Å²) in [6.45, 7) is 2.84. The highest BCUT2D eigenvalue weighted by Crippen LogP contribution is 2.20. The van der Waals surface area contributed by atoms with Crippen LogP contribution in [0.2, 0.25) is 5.02 Å². The first-order valence-corrected chi connectivity index (χ1v) is 10.7. The minimum atomic E-state index is -0.196. The number of halogens is 1. The lowest BCUT2D eigenvalue weighted by atomic mass is 10.2. The van der Waals surface area contributed by atoms with Gasteiger partial charge in [0.2, 0.25) is 0 Å². The molecule has 1 saturated heterocycles. The van der Waals surface area contributed by atoms with Crippen molar-refractivity contribution in [1.82, 2.24) is 15.3 Å². The minimum Gasteiger partial charge on any atom is -0.486 e. The highest BCUT2D eigenvalue weighted by Gasteiger charge is 2.14. The molecule has 3 aromatic rings. The molecular formula is C21H21ClN4O2S.